The zero-order valence-electron chi connectivity index (χ0n) is 12.7. The highest BCUT2D eigenvalue weighted by Gasteiger charge is 2.53. The molecule has 0 aromatic rings. The first-order valence-corrected chi connectivity index (χ1v) is 8.20. The largest absolute Gasteiger partial charge is 0.340 e. The van der Waals surface area contributed by atoms with E-state index in [2.05, 4.69) is 19.2 Å². The van der Waals surface area contributed by atoms with E-state index in [1.165, 1.54) is 12.8 Å². The SMILES string of the molecule is CCC(C)C1C(=O)NC2(CCCC2)C(=O)N1CC1CC1. The van der Waals surface area contributed by atoms with Crippen LogP contribution in [0.5, 0.6) is 0 Å². The molecular formula is C16H26N2O2. The molecule has 2 amide bonds. The Morgan fingerprint density at radius 3 is 2.50 bits per heavy atom. The van der Waals surface area contributed by atoms with Crippen molar-refractivity contribution >= 4 is 11.8 Å². The lowest BCUT2D eigenvalue weighted by molar-refractivity contribution is -0.157. The molecule has 0 bridgehead atoms. The van der Waals surface area contributed by atoms with Crippen LogP contribution in [0.25, 0.3) is 0 Å². The second-order valence-corrected chi connectivity index (χ2v) is 7.01. The first-order valence-electron chi connectivity index (χ1n) is 8.20. The van der Waals surface area contributed by atoms with Crippen molar-refractivity contribution in [3.63, 3.8) is 0 Å². The van der Waals surface area contributed by atoms with Gasteiger partial charge in [0.2, 0.25) is 11.8 Å². The van der Waals surface area contributed by atoms with E-state index in [9.17, 15) is 9.59 Å². The molecule has 0 aromatic carbocycles. The normalized spacial score (nSPS) is 30.7. The van der Waals surface area contributed by atoms with Crippen molar-refractivity contribution < 1.29 is 9.59 Å². The lowest BCUT2D eigenvalue weighted by Gasteiger charge is -2.46. The van der Waals surface area contributed by atoms with Crippen LogP contribution in [0.3, 0.4) is 0 Å². The van der Waals surface area contributed by atoms with Crippen molar-refractivity contribution in [2.45, 2.75) is 70.4 Å². The zero-order chi connectivity index (χ0) is 14.3. The van der Waals surface area contributed by atoms with Gasteiger partial charge < -0.3 is 10.2 Å². The minimum atomic E-state index is -0.560. The van der Waals surface area contributed by atoms with Crippen molar-refractivity contribution in [3.8, 4) is 0 Å². The van der Waals surface area contributed by atoms with Crippen LogP contribution in [0.15, 0.2) is 0 Å². The molecule has 4 heteroatoms. The lowest BCUT2D eigenvalue weighted by Crippen LogP contribution is -2.70. The second-order valence-electron chi connectivity index (χ2n) is 7.01. The van der Waals surface area contributed by atoms with Gasteiger partial charge in [-0.1, -0.05) is 33.1 Å². The number of hydrogen-bond donors (Lipinski definition) is 1. The molecule has 2 saturated carbocycles. The van der Waals surface area contributed by atoms with Gasteiger partial charge in [0, 0.05) is 6.54 Å². The smallest absolute Gasteiger partial charge is 0.249 e. The summed E-state index contributed by atoms with van der Waals surface area (Å²) in [5.74, 6) is 1.15. The van der Waals surface area contributed by atoms with E-state index in [0.29, 0.717) is 5.92 Å². The summed E-state index contributed by atoms with van der Waals surface area (Å²) < 4.78 is 0. The van der Waals surface area contributed by atoms with Crippen molar-refractivity contribution in [1.82, 2.24) is 10.2 Å². The molecule has 20 heavy (non-hydrogen) atoms. The maximum atomic E-state index is 13.0. The highest BCUT2D eigenvalue weighted by molar-refractivity contribution is 6.00. The molecule has 0 aromatic heterocycles. The number of nitrogens with zero attached hydrogens (tertiary/aromatic N) is 1. The molecule has 4 nitrogen and oxygen atoms in total. The van der Waals surface area contributed by atoms with Crippen molar-refractivity contribution in [2.24, 2.45) is 11.8 Å². The first-order chi connectivity index (χ1) is 9.57. The fourth-order valence-corrected chi connectivity index (χ4v) is 3.79. The van der Waals surface area contributed by atoms with Crippen LogP contribution in [-0.4, -0.2) is 34.8 Å². The molecule has 112 valence electrons. The fraction of sp³-hybridized carbons (Fsp3) is 0.875. The van der Waals surface area contributed by atoms with Gasteiger partial charge in [-0.25, -0.2) is 0 Å². The molecule has 0 radical (unpaired) electrons. The van der Waals surface area contributed by atoms with Crippen LogP contribution < -0.4 is 5.32 Å². The van der Waals surface area contributed by atoms with Crippen molar-refractivity contribution in [1.29, 1.82) is 0 Å². The third kappa shape index (κ3) is 2.23. The highest BCUT2D eigenvalue weighted by atomic mass is 16.2. The van der Waals surface area contributed by atoms with Gasteiger partial charge in [-0.3, -0.25) is 9.59 Å². The summed E-state index contributed by atoms with van der Waals surface area (Å²) in [5, 5.41) is 3.10. The Kier molecular flexibility index (Phi) is 3.51. The van der Waals surface area contributed by atoms with E-state index in [1.54, 1.807) is 0 Å². The Balaban J connectivity index is 1.87. The van der Waals surface area contributed by atoms with E-state index >= 15 is 0 Å². The molecule has 3 aliphatic rings. The summed E-state index contributed by atoms with van der Waals surface area (Å²) in [6, 6.07) is -0.251. The van der Waals surface area contributed by atoms with Gasteiger partial charge in [0.1, 0.15) is 11.6 Å². The number of rotatable bonds is 4. The average molecular weight is 278 g/mol. The van der Waals surface area contributed by atoms with E-state index in [-0.39, 0.29) is 23.8 Å². The van der Waals surface area contributed by atoms with E-state index in [4.69, 9.17) is 0 Å². The zero-order valence-corrected chi connectivity index (χ0v) is 12.7. The van der Waals surface area contributed by atoms with Gasteiger partial charge in [-0.2, -0.15) is 0 Å². The molecule has 3 rings (SSSR count). The van der Waals surface area contributed by atoms with Crippen molar-refractivity contribution in [2.75, 3.05) is 6.54 Å². The third-order valence-corrected chi connectivity index (χ3v) is 5.43. The van der Waals surface area contributed by atoms with Crippen molar-refractivity contribution in [3.05, 3.63) is 0 Å². The Hall–Kier alpha value is -1.06. The van der Waals surface area contributed by atoms with E-state index in [1.807, 2.05) is 4.90 Å². The van der Waals surface area contributed by atoms with E-state index < -0.39 is 5.54 Å². The number of carbonyl (C=O) groups excluding carboxylic acids is 2. The van der Waals surface area contributed by atoms with Crippen LogP contribution >= 0.6 is 0 Å². The van der Waals surface area contributed by atoms with Gasteiger partial charge in [0.05, 0.1) is 0 Å². The Bertz CT molecular complexity index is 411. The molecule has 1 aliphatic heterocycles. The Morgan fingerprint density at radius 2 is 1.95 bits per heavy atom. The van der Waals surface area contributed by atoms with Crippen LogP contribution in [0.4, 0.5) is 0 Å². The number of hydrogen-bond acceptors (Lipinski definition) is 2. The molecule has 3 fully saturated rings. The third-order valence-electron chi connectivity index (χ3n) is 5.43. The highest BCUT2D eigenvalue weighted by Crippen LogP contribution is 2.39. The predicted molar refractivity (Wildman–Crippen MR) is 77.0 cm³/mol. The molecule has 1 spiro atoms. The van der Waals surface area contributed by atoms with Gasteiger partial charge in [0.25, 0.3) is 0 Å². The summed E-state index contributed by atoms with van der Waals surface area (Å²) in [5.41, 5.74) is -0.560. The first kappa shape index (κ1) is 13.9. The summed E-state index contributed by atoms with van der Waals surface area (Å²) >= 11 is 0. The molecular weight excluding hydrogens is 252 g/mol. The van der Waals surface area contributed by atoms with Gasteiger partial charge in [-0.05, 0) is 37.5 Å². The second kappa shape index (κ2) is 5.05. The molecule has 2 atom stereocenters. The maximum Gasteiger partial charge on any atom is 0.249 e. The predicted octanol–water partition coefficient (Wildman–Crippen LogP) is 2.08. The van der Waals surface area contributed by atoms with Crippen LogP contribution in [0.2, 0.25) is 0 Å². The van der Waals surface area contributed by atoms with Gasteiger partial charge in [0.15, 0.2) is 0 Å². The van der Waals surface area contributed by atoms with Crippen LogP contribution in [-0.2, 0) is 9.59 Å². The minimum absolute atomic E-state index is 0.0847. The summed E-state index contributed by atoms with van der Waals surface area (Å²) in [7, 11) is 0. The fourth-order valence-electron chi connectivity index (χ4n) is 3.79. The molecule has 1 saturated heterocycles. The van der Waals surface area contributed by atoms with Gasteiger partial charge >= 0.3 is 0 Å². The van der Waals surface area contributed by atoms with E-state index in [0.717, 1.165) is 38.6 Å². The van der Waals surface area contributed by atoms with Crippen LogP contribution in [0.1, 0.15) is 58.8 Å². The molecule has 2 unspecified atom stereocenters. The lowest BCUT2D eigenvalue weighted by atomic mass is 9.86. The molecule has 1 heterocycles. The van der Waals surface area contributed by atoms with Crippen LogP contribution in [0, 0.1) is 11.8 Å². The number of nitrogens with one attached hydrogen (secondary N) is 1. The average Bonchev–Trinajstić information content (AvgIpc) is 3.13. The summed E-state index contributed by atoms with van der Waals surface area (Å²) in [4.78, 5) is 27.5. The standard InChI is InChI=1S/C16H26N2O2/c1-3-11(2)13-14(19)17-16(8-4-5-9-16)15(20)18(13)10-12-6-7-12/h11-13H,3-10H2,1-2H3,(H,17,19). The minimum Gasteiger partial charge on any atom is -0.340 e. The molecule has 1 N–H and O–H groups in total. The molecule has 2 aliphatic carbocycles. The Labute approximate surface area is 121 Å². The quantitative estimate of drug-likeness (QED) is 0.856. The number of amides is 2. The summed E-state index contributed by atoms with van der Waals surface area (Å²) in [6.07, 6.45) is 7.11. The number of carbonyl (C=O) groups is 2. The summed E-state index contributed by atoms with van der Waals surface area (Å²) in [6.45, 7) is 4.98. The monoisotopic (exact) mass is 278 g/mol. The topological polar surface area (TPSA) is 49.4 Å². The maximum absolute atomic E-state index is 13.0. The Morgan fingerprint density at radius 1 is 1.30 bits per heavy atom. The van der Waals surface area contributed by atoms with Gasteiger partial charge in [-0.15, -0.1) is 0 Å². The number of piperazine rings is 1.